The van der Waals surface area contributed by atoms with Gasteiger partial charge in [0.15, 0.2) is 23.9 Å². The van der Waals surface area contributed by atoms with Crippen LogP contribution in [0.3, 0.4) is 0 Å². The molecule has 0 bridgehead atoms. The molecule has 3 aromatic heterocycles. The summed E-state index contributed by atoms with van der Waals surface area (Å²) >= 11 is 0. The summed E-state index contributed by atoms with van der Waals surface area (Å²) in [5.74, 6) is 0.0788. The number of pyridine rings is 1. The molecule has 10 heteroatoms. The average Bonchev–Trinajstić information content (AvgIpc) is 3.42. The van der Waals surface area contributed by atoms with Crippen molar-refractivity contribution < 1.29 is 28.0 Å². The number of carbonyl (C=O) groups is 2. The Labute approximate surface area is 175 Å². The van der Waals surface area contributed by atoms with Crippen LogP contribution in [0.25, 0.3) is 22.6 Å². The van der Waals surface area contributed by atoms with Gasteiger partial charge in [0.2, 0.25) is 0 Å². The van der Waals surface area contributed by atoms with Gasteiger partial charge >= 0.3 is 0 Å². The first kappa shape index (κ1) is 20.0. The number of ether oxygens (including phenoxy) is 2. The largest absolute Gasteiger partial charge is 0.493 e. The number of nitrogens with two attached hydrogens (primary N) is 1. The third-order valence-electron chi connectivity index (χ3n) is 4.43. The highest BCUT2D eigenvalue weighted by molar-refractivity contribution is 6.13. The number of furan rings is 1. The van der Waals surface area contributed by atoms with Gasteiger partial charge in [-0.1, -0.05) is 5.16 Å². The minimum Gasteiger partial charge on any atom is -0.493 e. The predicted octanol–water partition coefficient (Wildman–Crippen LogP) is 2.92. The summed E-state index contributed by atoms with van der Waals surface area (Å²) in [5, 5.41) is 7.21. The van der Waals surface area contributed by atoms with Crippen LogP contribution in [0.1, 0.15) is 16.1 Å². The van der Waals surface area contributed by atoms with Gasteiger partial charge in [-0.3, -0.25) is 9.59 Å². The number of nitrogens with zero attached hydrogens (tertiary/aromatic N) is 2. The first-order valence-electron chi connectivity index (χ1n) is 9.17. The molecular formula is C21H18N4O6. The van der Waals surface area contributed by atoms with Crippen molar-refractivity contribution in [3.05, 3.63) is 53.9 Å². The van der Waals surface area contributed by atoms with E-state index >= 15 is 0 Å². The highest BCUT2D eigenvalue weighted by atomic mass is 16.5. The molecule has 0 unspecified atom stereocenters. The minimum absolute atomic E-state index is 0.219. The van der Waals surface area contributed by atoms with Crippen molar-refractivity contribution >= 4 is 28.6 Å². The Morgan fingerprint density at radius 3 is 2.74 bits per heavy atom. The third-order valence-corrected chi connectivity index (χ3v) is 4.43. The number of hydrogen-bond donors (Lipinski definition) is 2. The maximum atomic E-state index is 13.1. The van der Waals surface area contributed by atoms with E-state index in [4.69, 9.17) is 24.1 Å². The molecule has 158 valence electrons. The van der Waals surface area contributed by atoms with E-state index in [-0.39, 0.29) is 18.1 Å². The molecule has 0 fully saturated rings. The van der Waals surface area contributed by atoms with Gasteiger partial charge in [0.05, 0.1) is 30.0 Å². The van der Waals surface area contributed by atoms with E-state index in [2.05, 4.69) is 15.5 Å². The molecule has 1 aromatic carbocycles. The number of methoxy groups -OCH3 is 1. The molecule has 0 aliphatic carbocycles. The Morgan fingerprint density at radius 2 is 2.03 bits per heavy atom. The fourth-order valence-corrected chi connectivity index (χ4v) is 3.04. The fraction of sp³-hybridized carbons (Fsp3) is 0.143. The fourth-order valence-electron chi connectivity index (χ4n) is 3.04. The lowest BCUT2D eigenvalue weighted by molar-refractivity contribution is -0.119. The predicted molar refractivity (Wildman–Crippen MR) is 110 cm³/mol. The molecule has 4 rings (SSSR count). The molecule has 0 aliphatic heterocycles. The summed E-state index contributed by atoms with van der Waals surface area (Å²) in [6.07, 6.45) is 1.51. The van der Waals surface area contributed by atoms with Gasteiger partial charge in [0.25, 0.3) is 17.5 Å². The van der Waals surface area contributed by atoms with Crippen LogP contribution < -0.4 is 20.5 Å². The van der Waals surface area contributed by atoms with Gasteiger partial charge in [-0.2, -0.15) is 0 Å². The van der Waals surface area contributed by atoms with E-state index in [1.807, 2.05) is 0 Å². The third kappa shape index (κ3) is 4.04. The summed E-state index contributed by atoms with van der Waals surface area (Å²) in [7, 11) is 1.46. The molecule has 0 spiro atoms. The number of carbonyl (C=O) groups excluding carboxylic acids is 2. The van der Waals surface area contributed by atoms with Crippen molar-refractivity contribution in [2.24, 2.45) is 5.73 Å². The first-order chi connectivity index (χ1) is 15.0. The van der Waals surface area contributed by atoms with Crippen LogP contribution in [-0.2, 0) is 4.79 Å². The number of aromatic nitrogens is 2. The Hall–Kier alpha value is -4.34. The molecule has 0 radical (unpaired) electrons. The number of benzene rings is 1. The molecule has 0 aliphatic rings. The lowest BCUT2D eigenvalue weighted by atomic mass is 10.1. The SMILES string of the molecule is COc1ccc(NC(=O)c2cc(-c3ccco3)nc3onc(C)c23)cc1OCC(N)=O. The van der Waals surface area contributed by atoms with Crippen molar-refractivity contribution in [2.45, 2.75) is 6.92 Å². The van der Waals surface area contributed by atoms with Crippen molar-refractivity contribution in [2.75, 3.05) is 19.0 Å². The number of rotatable bonds is 7. The van der Waals surface area contributed by atoms with E-state index in [1.54, 1.807) is 37.3 Å². The molecule has 4 aromatic rings. The molecule has 0 saturated heterocycles. The highest BCUT2D eigenvalue weighted by Gasteiger charge is 2.21. The monoisotopic (exact) mass is 422 g/mol. The zero-order chi connectivity index (χ0) is 22.0. The Kier molecular flexibility index (Phi) is 5.27. The van der Waals surface area contributed by atoms with Gasteiger partial charge in [0, 0.05) is 11.8 Å². The van der Waals surface area contributed by atoms with Crippen LogP contribution in [-0.4, -0.2) is 35.7 Å². The molecule has 3 N–H and O–H groups in total. The summed E-state index contributed by atoms with van der Waals surface area (Å²) in [4.78, 5) is 28.6. The minimum atomic E-state index is -0.635. The van der Waals surface area contributed by atoms with Gasteiger partial charge < -0.3 is 29.5 Å². The second-order valence-electron chi connectivity index (χ2n) is 6.56. The van der Waals surface area contributed by atoms with E-state index < -0.39 is 11.8 Å². The van der Waals surface area contributed by atoms with Crippen LogP contribution in [0.15, 0.2) is 51.6 Å². The standard InChI is InChI=1S/C21H18N4O6/c1-11-19-13(9-14(15-4-3-7-29-15)24-21(19)31-25-11)20(27)23-12-5-6-16(28-2)17(8-12)30-10-18(22)26/h3-9H,10H2,1-2H3,(H2,22,26)(H,23,27). The highest BCUT2D eigenvalue weighted by Crippen LogP contribution is 2.32. The number of hydrogen-bond acceptors (Lipinski definition) is 8. The smallest absolute Gasteiger partial charge is 0.259 e. The maximum Gasteiger partial charge on any atom is 0.259 e. The molecule has 2 amide bonds. The van der Waals surface area contributed by atoms with E-state index in [9.17, 15) is 9.59 Å². The van der Waals surface area contributed by atoms with Crippen molar-refractivity contribution in [1.82, 2.24) is 10.1 Å². The van der Waals surface area contributed by atoms with Gasteiger partial charge in [-0.15, -0.1) is 0 Å². The second kappa shape index (κ2) is 8.19. The summed E-state index contributed by atoms with van der Waals surface area (Å²) < 4.78 is 21.2. The van der Waals surface area contributed by atoms with E-state index in [1.165, 1.54) is 19.4 Å². The Balaban J connectivity index is 1.69. The molecule has 31 heavy (non-hydrogen) atoms. The van der Waals surface area contributed by atoms with Gasteiger partial charge in [0.1, 0.15) is 5.69 Å². The molecule has 0 saturated carbocycles. The number of nitrogens with one attached hydrogen (secondary N) is 1. The maximum absolute atomic E-state index is 13.1. The summed E-state index contributed by atoms with van der Waals surface area (Å²) in [6, 6.07) is 9.83. The van der Waals surface area contributed by atoms with Gasteiger partial charge in [-0.05, 0) is 37.3 Å². The summed E-state index contributed by atoms with van der Waals surface area (Å²) in [6.45, 7) is 1.39. The van der Waals surface area contributed by atoms with Crippen molar-refractivity contribution in [3.8, 4) is 23.0 Å². The number of anilines is 1. The normalized spacial score (nSPS) is 10.8. The number of primary amides is 1. The number of aryl methyl sites for hydroxylation is 1. The van der Waals surface area contributed by atoms with Crippen molar-refractivity contribution in [3.63, 3.8) is 0 Å². The molecule has 10 nitrogen and oxygen atoms in total. The quantitative estimate of drug-likeness (QED) is 0.463. The molecule has 0 atom stereocenters. The van der Waals surface area contributed by atoms with Crippen LogP contribution in [0.5, 0.6) is 11.5 Å². The average molecular weight is 422 g/mol. The zero-order valence-corrected chi connectivity index (χ0v) is 16.7. The van der Waals surface area contributed by atoms with Crippen molar-refractivity contribution in [1.29, 1.82) is 0 Å². The zero-order valence-electron chi connectivity index (χ0n) is 16.7. The second-order valence-corrected chi connectivity index (χ2v) is 6.56. The van der Waals surface area contributed by atoms with Crippen LogP contribution in [0, 0.1) is 6.92 Å². The Bertz CT molecular complexity index is 1260. The van der Waals surface area contributed by atoms with E-state index in [0.717, 1.165) is 0 Å². The molecule has 3 heterocycles. The first-order valence-corrected chi connectivity index (χ1v) is 9.17. The Morgan fingerprint density at radius 1 is 1.19 bits per heavy atom. The van der Waals surface area contributed by atoms with Crippen LogP contribution in [0.4, 0.5) is 5.69 Å². The van der Waals surface area contributed by atoms with Crippen LogP contribution in [0.2, 0.25) is 0 Å². The summed E-state index contributed by atoms with van der Waals surface area (Å²) in [5.41, 5.74) is 7.04. The van der Waals surface area contributed by atoms with Crippen LogP contribution >= 0.6 is 0 Å². The lowest BCUT2D eigenvalue weighted by Crippen LogP contribution is -2.20. The lowest BCUT2D eigenvalue weighted by Gasteiger charge is -2.12. The number of fused-ring (bicyclic) bond motifs is 1. The topological polar surface area (TPSA) is 143 Å². The molecular weight excluding hydrogens is 404 g/mol. The van der Waals surface area contributed by atoms with E-state index in [0.29, 0.717) is 39.5 Å². The van der Waals surface area contributed by atoms with Gasteiger partial charge in [-0.25, -0.2) is 4.98 Å². The number of amides is 2.